The number of esters is 1. The molecule has 0 N–H and O–H groups in total. The first kappa shape index (κ1) is 25.0. The van der Waals surface area contributed by atoms with Crippen LogP contribution in [0.2, 0.25) is 0 Å². The van der Waals surface area contributed by atoms with Crippen molar-refractivity contribution >= 4 is 5.97 Å². The molecule has 0 aliphatic rings. The van der Waals surface area contributed by atoms with Crippen LogP contribution in [0, 0.1) is 5.92 Å². The highest BCUT2D eigenvalue weighted by Crippen LogP contribution is 2.38. The fourth-order valence-electron chi connectivity index (χ4n) is 3.83. The van der Waals surface area contributed by atoms with Gasteiger partial charge in [0, 0.05) is 12.1 Å². The molecule has 0 bridgehead atoms. The predicted molar refractivity (Wildman–Crippen MR) is 138 cm³/mol. The minimum atomic E-state index is -0.524. The van der Waals surface area contributed by atoms with Crippen LogP contribution in [0.5, 0.6) is 11.5 Å². The van der Waals surface area contributed by atoms with Crippen molar-refractivity contribution in [1.29, 1.82) is 0 Å². The fraction of sp³-hybridized carbons (Fsp3) is 0.267. The van der Waals surface area contributed by atoms with Crippen molar-refractivity contribution in [3.63, 3.8) is 0 Å². The molecule has 4 aromatic rings. The van der Waals surface area contributed by atoms with E-state index in [9.17, 15) is 4.79 Å². The zero-order valence-electron chi connectivity index (χ0n) is 20.9. The molecule has 6 nitrogen and oxygen atoms in total. The average Bonchev–Trinajstić information content (AvgIpc) is 3.38. The van der Waals surface area contributed by atoms with E-state index in [1.165, 1.54) is 0 Å². The van der Waals surface area contributed by atoms with E-state index >= 15 is 0 Å². The normalized spacial score (nSPS) is 10.9. The molecule has 186 valence electrons. The van der Waals surface area contributed by atoms with Crippen LogP contribution in [-0.4, -0.2) is 17.7 Å². The lowest BCUT2D eigenvalue weighted by atomic mass is 9.98. The molecule has 0 saturated heterocycles. The van der Waals surface area contributed by atoms with Crippen molar-refractivity contribution in [3.8, 4) is 22.8 Å². The fourth-order valence-corrected chi connectivity index (χ4v) is 3.83. The Hall–Kier alpha value is -4.06. The molecule has 4 rings (SSSR count). The molecule has 1 heterocycles. The van der Waals surface area contributed by atoms with Crippen LogP contribution in [-0.2, 0) is 24.4 Å². The standard InChI is InChI=1S/C30H31NO5/c1-4-33-30(32)26-17-29(36-31-26)25-16-24(15-21(2)3)27(34-19-22-11-7-5-8-12-22)18-28(25)35-20-23-13-9-6-10-14-23/h5-14,16-18,21H,4,15,19-20H2,1-3H3. The van der Waals surface area contributed by atoms with Crippen LogP contribution in [0.15, 0.2) is 83.4 Å². The molecule has 36 heavy (non-hydrogen) atoms. The highest BCUT2D eigenvalue weighted by molar-refractivity contribution is 5.88. The van der Waals surface area contributed by atoms with Gasteiger partial charge in [-0.2, -0.15) is 0 Å². The Balaban J connectivity index is 1.71. The second-order valence-corrected chi connectivity index (χ2v) is 8.90. The zero-order chi connectivity index (χ0) is 25.3. The van der Waals surface area contributed by atoms with Crippen LogP contribution < -0.4 is 9.47 Å². The number of aromatic nitrogens is 1. The summed E-state index contributed by atoms with van der Waals surface area (Å²) in [5.41, 5.74) is 3.97. The lowest BCUT2D eigenvalue weighted by molar-refractivity contribution is 0.0514. The first-order valence-electron chi connectivity index (χ1n) is 12.2. The predicted octanol–water partition coefficient (Wildman–Crippen LogP) is 6.87. The summed E-state index contributed by atoms with van der Waals surface area (Å²) in [6.07, 6.45) is 0.801. The molecule has 0 aliphatic heterocycles. The smallest absolute Gasteiger partial charge is 0.360 e. The highest BCUT2D eigenvalue weighted by atomic mass is 16.5. The summed E-state index contributed by atoms with van der Waals surface area (Å²) in [6.45, 7) is 7.15. The van der Waals surface area contributed by atoms with Crippen molar-refractivity contribution in [2.24, 2.45) is 5.92 Å². The van der Waals surface area contributed by atoms with Gasteiger partial charge in [-0.25, -0.2) is 4.79 Å². The third kappa shape index (κ3) is 6.54. The maximum atomic E-state index is 12.2. The van der Waals surface area contributed by atoms with Gasteiger partial charge in [-0.05, 0) is 42.0 Å². The van der Waals surface area contributed by atoms with Crippen molar-refractivity contribution < 1.29 is 23.5 Å². The SMILES string of the molecule is CCOC(=O)c1cc(-c2cc(CC(C)C)c(OCc3ccccc3)cc2OCc2ccccc2)on1. The Morgan fingerprint density at radius 1 is 0.861 bits per heavy atom. The molecule has 1 aromatic heterocycles. The zero-order valence-corrected chi connectivity index (χ0v) is 20.9. The number of ether oxygens (including phenoxy) is 3. The topological polar surface area (TPSA) is 70.8 Å². The van der Waals surface area contributed by atoms with Crippen LogP contribution >= 0.6 is 0 Å². The molecular weight excluding hydrogens is 454 g/mol. The third-order valence-corrected chi connectivity index (χ3v) is 5.53. The summed E-state index contributed by atoms with van der Waals surface area (Å²) in [5.74, 6) is 1.65. The molecule has 0 atom stereocenters. The van der Waals surface area contributed by atoms with E-state index in [-0.39, 0.29) is 12.3 Å². The number of carbonyl (C=O) groups excluding carboxylic acids is 1. The number of hydrogen-bond donors (Lipinski definition) is 0. The van der Waals surface area contributed by atoms with Gasteiger partial charge in [0.2, 0.25) is 0 Å². The van der Waals surface area contributed by atoms with Gasteiger partial charge in [0.15, 0.2) is 11.5 Å². The van der Waals surface area contributed by atoms with E-state index in [1.54, 1.807) is 13.0 Å². The van der Waals surface area contributed by atoms with Crippen molar-refractivity contribution in [3.05, 3.63) is 101 Å². The number of nitrogens with zero attached hydrogens (tertiary/aromatic N) is 1. The van der Waals surface area contributed by atoms with Crippen molar-refractivity contribution in [2.45, 2.75) is 40.4 Å². The maximum Gasteiger partial charge on any atom is 0.360 e. The minimum Gasteiger partial charge on any atom is -0.488 e. The van der Waals surface area contributed by atoms with Crippen LogP contribution in [0.3, 0.4) is 0 Å². The van der Waals surface area contributed by atoms with Crippen LogP contribution in [0.25, 0.3) is 11.3 Å². The summed E-state index contributed by atoms with van der Waals surface area (Å²) in [4.78, 5) is 12.2. The largest absolute Gasteiger partial charge is 0.488 e. The Labute approximate surface area is 211 Å². The van der Waals surface area contributed by atoms with E-state index < -0.39 is 5.97 Å². The van der Waals surface area contributed by atoms with Gasteiger partial charge < -0.3 is 18.7 Å². The summed E-state index contributed by atoms with van der Waals surface area (Å²) in [5, 5.41) is 3.92. The molecule has 0 amide bonds. The highest BCUT2D eigenvalue weighted by Gasteiger charge is 2.21. The molecule has 0 radical (unpaired) electrons. The quantitative estimate of drug-likeness (QED) is 0.216. The van der Waals surface area contributed by atoms with Gasteiger partial charge in [0.25, 0.3) is 0 Å². The third-order valence-electron chi connectivity index (χ3n) is 5.53. The number of rotatable bonds is 11. The van der Waals surface area contributed by atoms with Crippen molar-refractivity contribution in [2.75, 3.05) is 6.61 Å². The monoisotopic (exact) mass is 485 g/mol. The van der Waals surface area contributed by atoms with Gasteiger partial charge in [-0.1, -0.05) is 79.7 Å². The Kier molecular flexibility index (Phi) is 8.40. The maximum absolute atomic E-state index is 12.2. The van der Waals surface area contributed by atoms with Crippen LogP contribution in [0.4, 0.5) is 0 Å². The molecule has 0 unspecified atom stereocenters. The Bertz CT molecular complexity index is 1270. The molecular formula is C30H31NO5. The van der Waals surface area contributed by atoms with Gasteiger partial charge in [0.05, 0.1) is 12.2 Å². The average molecular weight is 486 g/mol. The summed E-state index contributed by atoms with van der Waals surface area (Å²) in [6, 6.07) is 25.5. The number of carbonyl (C=O) groups is 1. The van der Waals surface area contributed by atoms with Gasteiger partial charge in [-0.15, -0.1) is 0 Å². The van der Waals surface area contributed by atoms with Gasteiger partial charge in [0.1, 0.15) is 24.7 Å². The second kappa shape index (κ2) is 12.1. The first-order valence-corrected chi connectivity index (χ1v) is 12.2. The summed E-state index contributed by atoms with van der Waals surface area (Å²) < 4.78 is 23.2. The first-order chi connectivity index (χ1) is 17.5. The molecule has 0 saturated carbocycles. The molecule has 3 aromatic carbocycles. The lowest BCUT2D eigenvalue weighted by Crippen LogP contribution is -2.05. The number of benzene rings is 3. The summed E-state index contributed by atoms with van der Waals surface area (Å²) >= 11 is 0. The molecule has 0 fully saturated rings. The van der Waals surface area contributed by atoms with E-state index in [0.29, 0.717) is 36.2 Å². The lowest BCUT2D eigenvalue weighted by Gasteiger charge is -2.18. The summed E-state index contributed by atoms with van der Waals surface area (Å²) in [7, 11) is 0. The molecule has 0 spiro atoms. The van der Waals surface area contributed by atoms with E-state index in [4.69, 9.17) is 18.7 Å². The minimum absolute atomic E-state index is 0.121. The van der Waals surface area contributed by atoms with Gasteiger partial charge >= 0.3 is 5.97 Å². The van der Waals surface area contributed by atoms with Crippen LogP contribution in [0.1, 0.15) is 48.0 Å². The second-order valence-electron chi connectivity index (χ2n) is 8.90. The molecule has 0 aliphatic carbocycles. The Morgan fingerprint density at radius 3 is 2.06 bits per heavy atom. The van der Waals surface area contributed by atoms with E-state index in [1.807, 2.05) is 72.8 Å². The Morgan fingerprint density at radius 2 is 1.47 bits per heavy atom. The molecule has 6 heteroatoms. The van der Waals surface area contributed by atoms with E-state index in [2.05, 4.69) is 19.0 Å². The van der Waals surface area contributed by atoms with Crippen molar-refractivity contribution in [1.82, 2.24) is 5.16 Å². The number of hydrogen-bond acceptors (Lipinski definition) is 6. The van der Waals surface area contributed by atoms with E-state index in [0.717, 1.165) is 28.9 Å². The van der Waals surface area contributed by atoms with Gasteiger partial charge in [-0.3, -0.25) is 0 Å².